The molecule has 3 heteroatoms. The van der Waals surface area contributed by atoms with Gasteiger partial charge in [0.1, 0.15) is 0 Å². The predicted octanol–water partition coefficient (Wildman–Crippen LogP) is 0.681. The van der Waals surface area contributed by atoms with E-state index in [4.69, 9.17) is 0 Å². The van der Waals surface area contributed by atoms with E-state index in [-0.39, 0.29) is 12.4 Å². The fourth-order valence-electron chi connectivity index (χ4n) is 1.78. The summed E-state index contributed by atoms with van der Waals surface area (Å²) in [6.45, 7) is 5.06. The second-order valence-electron chi connectivity index (χ2n) is 3.17. The number of nitrogens with one attached hydrogen (secondary N) is 1. The van der Waals surface area contributed by atoms with E-state index in [1.54, 1.807) is 0 Å². The Morgan fingerprint density at radius 2 is 1.90 bits per heavy atom. The van der Waals surface area contributed by atoms with Crippen molar-refractivity contribution in [1.29, 1.82) is 0 Å². The monoisotopic (exact) mass is 162 g/mol. The third-order valence-corrected chi connectivity index (χ3v) is 2.48. The molecule has 0 aromatic rings. The molecule has 2 nitrogen and oxygen atoms in total. The van der Waals surface area contributed by atoms with Crippen molar-refractivity contribution in [3.05, 3.63) is 0 Å². The number of fused-ring (bicyclic) bond motifs is 4. The number of nitrogens with zero attached hydrogens (tertiary/aromatic N) is 1. The first-order valence-corrected chi connectivity index (χ1v) is 3.88. The SMILES string of the molecule is C1CN2CCC1CNC2.Cl. The molecule has 0 radical (unpaired) electrons. The van der Waals surface area contributed by atoms with Crippen LogP contribution in [-0.2, 0) is 0 Å². The maximum atomic E-state index is 3.44. The van der Waals surface area contributed by atoms with Crippen LogP contribution in [0.3, 0.4) is 0 Å². The van der Waals surface area contributed by atoms with Gasteiger partial charge in [0.2, 0.25) is 0 Å². The van der Waals surface area contributed by atoms with Gasteiger partial charge in [0.15, 0.2) is 0 Å². The van der Waals surface area contributed by atoms with Crippen molar-refractivity contribution in [3.63, 3.8) is 0 Å². The molecule has 0 unspecified atom stereocenters. The highest BCUT2D eigenvalue weighted by molar-refractivity contribution is 5.85. The first-order valence-electron chi connectivity index (χ1n) is 3.88. The highest BCUT2D eigenvalue weighted by Crippen LogP contribution is 2.17. The molecule has 3 saturated heterocycles. The van der Waals surface area contributed by atoms with Gasteiger partial charge in [-0.15, -0.1) is 12.4 Å². The fourth-order valence-corrected chi connectivity index (χ4v) is 1.78. The zero-order valence-corrected chi connectivity index (χ0v) is 6.99. The minimum atomic E-state index is 0. The fraction of sp³-hybridized carbons (Fsp3) is 1.00. The Hall–Kier alpha value is 0.210. The molecule has 2 bridgehead atoms. The minimum absolute atomic E-state index is 0. The molecule has 0 amide bonds. The quantitative estimate of drug-likeness (QED) is 0.564. The summed E-state index contributed by atoms with van der Waals surface area (Å²) in [5.74, 6) is 0.990. The molecular weight excluding hydrogens is 148 g/mol. The minimum Gasteiger partial charge on any atom is -0.304 e. The van der Waals surface area contributed by atoms with Crippen LogP contribution in [0.4, 0.5) is 0 Å². The smallest absolute Gasteiger partial charge is 0.0480 e. The van der Waals surface area contributed by atoms with Crippen LogP contribution in [0.5, 0.6) is 0 Å². The molecule has 3 fully saturated rings. The Morgan fingerprint density at radius 3 is 2.60 bits per heavy atom. The van der Waals surface area contributed by atoms with E-state index >= 15 is 0 Å². The lowest BCUT2D eigenvalue weighted by Gasteiger charge is -2.25. The second-order valence-corrected chi connectivity index (χ2v) is 3.17. The van der Waals surface area contributed by atoms with E-state index < -0.39 is 0 Å². The summed E-state index contributed by atoms with van der Waals surface area (Å²) < 4.78 is 0. The standard InChI is InChI=1S/C7H14N2.ClH/c1-3-9-4-2-7(1)5-8-6-9;/h7-8H,1-6H2;1H. The molecule has 3 aliphatic heterocycles. The van der Waals surface area contributed by atoms with Crippen LogP contribution in [0.2, 0.25) is 0 Å². The van der Waals surface area contributed by atoms with Crippen LogP contribution in [0.1, 0.15) is 12.8 Å². The topological polar surface area (TPSA) is 15.3 Å². The van der Waals surface area contributed by atoms with Gasteiger partial charge < -0.3 is 5.32 Å². The second kappa shape index (κ2) is 3.56. The molecule has 0 aromatic carbocycles. The van der Waals surface area contributed by atoms with Crippen LogP contribution in [-0.4, -0.2) is 31.2 Å². The number of halogens is 1. The third kappa shape index (κ3) is 1.62. The van der Waals surface area contributed by atoms with Crippen molar-refractivity contribution >= 4 is 12.4 Å². The number of rotatable bonds is 0. The summed E-state index contributed by atoms with van der Waals surface area (Å²) in [6.07, 6.45) is 2.85. The van der Waals surface area contributed by atoms with Gasteiger partial charge in [-0.3, -0.25) is 4.90 Å². The maximum absolute atomic E-state index is 3.44. The van der Waals surface area contributed by atoms with Gasteiger partial charge in [-0.2, -0.15) is 0 Å². The molecule has 0 saturated carbocycles. The van der Waals surface area contributed by atoms with Gasteiger partial charge in [-0.05, 0) is 38.4 Å². The molecule has 3 heterocycles. The maximum Gasteiger partial charge on any atom is 0.0480 e. The predicted molar refractivity (Wildman–Crippen MR) is 44.4 cm³/mol. The van der Waals surface area contributed by atoms with Gasteiger partial charge in [-0.1, -0.05) is 0 Å². The summed E-state index contributed by atoms with van der Waals surface area (Å²) in [7, 11) is 0. The van der Waals surface area contributed by atoms with E-state index in [0.29, 0.717) is 0 Å². The largest absolute Gasteiger partial charge is 0.304 e. The van der Waals surface area contributed by atoms with Crippen molar-refractivity contribution in [2.24, 2.45) is 5.92 Å². The number of piperidine rings is 1. The molecule has 3 aliphatic rings. The van der Waals surface area contributed by atoms with Crippen LogP contribution in [0.15, 0.2) is 0 Å². The van der Waals surface area contributed by atoms with Gasteiger partial charge in [0.25, 0.3) is 0 Å². The molecule has 0 atom stereocenters. The zero-order chi connectivity index (χ0) is 6.10. The first kappa shape index (κ1) is 8.31. The molecule has 60 valence electrons. The molecule has 0 aromatic heterocycles. The van der Waals surface area contributed by atoms with Crippen LogP contribution in [0, 0.1) is 5.92 Å². The van der Waals surface area contributed by atoms with E-state index in [2.05, 4.69) is 10.2 Å². The Balaban J connectivity index is 0.000000500. The average molecular weight is 163 g/mol. The Morgan fingerprint density at radius 1 is 1.20 bits per heavy atom. The van der Waals surface area contributed by atoms with Crippen molar-refractivity contribution < 1.29 is 0 Å². The lowest BCUT2D eigenvalue weighted by Crippen LogP contribution is -2.32. The summed E-state index contributed by atoms with van der Waals surface area (Å²) in [4.78, 5) is 2.50. The molecule has 0 spiro atoms. The van der Waals surface area contributed by atoms with Crippen LogP contribution >= 0.6 is 12.4 Å². The Kier molecular flexibility index (Phi) is 2.96. The van der Waals surface area contributed by atoms with Gasteiger partial charge in [0, 0.05) is 6.67 Å². The molecule has 1 N–H and O–H groups in total. The Bertz CT molecular complexity index is 82.3. The first-order chi connectivity index (χ1) is 4.45. The Labute approximate surface area is 68.4 Å². The molecular formula is C7H15ClN2. The third-order valence-electron chi connectivity index (χ3n) is 2.48. The normalized spacial score (nSPS) is 38.4. The van der Waals surface area contributed by atoms with E-state index in [0.717, 1.165) is 12.6 Å². The number of hydrogen-bond donors (Lipinski definition) is 1. The van der Waals surface area contributed by atoms with E-state index in [1.807, 2.05) is 0 Å². The van der Waals surface area contributed by atoms with Crippen molar-refractivity contribution in [2.45, 2.75) is 12.8 Å². The van der Waals surface area contributed by atoms with Crippen LogP contribution in [0.25, 0.3) is 0 Å². The molecule has 0 aliphatic carbocycles. The summed E-state index contributed by atoms with van der Waals surface area (Å²) in [6, 6.07) is 0. The van der Waals surface area contributed by atoms with Gasteiger partial charge in [-0.25, -0.2) is 0 Å². The molecule has 3 rings (SSSR count). The van der Waals surface area contributed by atoms with E-state index in [1.165, 1.54) is 32.5 Å². The highest BCUT2D eigenvalue weighted by Gasteiger charge is 2.21. The lowest BCUT2D eigenvalue weighted by molar-refractivity contribution is 0.224. The van der Waals surface area contributed by atoms with Gasteiger partial charge in [0.05, 0.1) is 0 Å². The average Bonchev–Trinajstić information content (AvgIpc) is 2.21. The zero-order valence-electron chi connectivity index (χ0n) is 6.18. The van der Waals surface area contributed by atoms with Crippen molar-refractivity contribution in [2.75, 3.05) is 26.3 Å². The number of hydrogen-bond acceptors (Lipinski definition) is 2. The lowest BCUT2D eigenvalue weighted by atomic mass is 9.99. The summed E-state index contributed by atoms with van der Waals surface area (Å²) in [5, 5.41) is 3.44. The van der Waals surface area contributed by atoms with Crippen LogP contribution < -0.4 is 5.32 Å². The molecule has 10 heavy (non-hydrogen) atoms. The van der Waals surface area contributed by atoms with Crippen molar-refractivity contribution in [3.8, 4) is 0 Å². The van der Waals surface area contributed by atoms with Crippen molar-refractivity contribution in [1.82, 2.24) is 10.2 Å². The van der Waals surface area contributed by atoms with E-state index in [9.17, 15) is 0 Å². The highest BCUT2D eigenvalue weighted by atomic mass is 35.5. The van der Waals surface area contributed by atoms with Gasteiger partial charge >= 0.3 is 0 Å². The summed E-state index contributed by atoms with van der Waals surface area (Å²) >= 11 is 0. The summed E-state index contributed by atoms with van der Waals surface area (Å²) in [5.41, 5.74) is 0.